The van der Waals surface area contributed by atoms with Crippen LogP contribution in [0.1, 0.15) is 25.8 Å². The zero-order valence-electron chi connectivity index (χ0n) is 14.5. The molecule has 2 aromatic carbocycles. The van der Waals surface area contributed by atoms with E-state index in [0.29, 0.717) is 18.9 Å². The van der Waals surface area contributed by atoms with E-state index in [1.165, 1.54) is 0 Å². The van der Waals surface area contributed by atoms with Crippen LogP contribution in [0.2, 0.25) is 0 Å². The van der Waals surface area contributed by atoms with E-state index < -0.39 is 12.0 Å². The van der Waals surface area contributed by atoms with Crippen molar-refractivity contribution in [2.75, 3.05) is 0 Å². The van der Waals surface area contributed by atoms with Gasteiger partial charge in [0.15, 0.2) is 0 Å². The van der Waals surface area contributed by atoms with Crippen LogP contribution < -0.4 is 5.32 Å². The van der Waals surface area contributed by atoms with Gasteiger partial charge in [0, 0.05) is 12.2 Å². The van der Waals surface area contributed by atoms with Crippen molar-refractivity contribution in [2.45, 2.75) is 32.9 Å². The van der Waals surface area contributed by atoms with Gasteiger partial charge in [-0.3, -0.25) is 9.36 Å². The van der Waals surface area contributed by atoms with Gasteiger partial charge >= 0.3 is 5.97 Å². The molecule has 1 heterocycles. The van der Waals surface area contributed by atoms with E-state index in [1.807, 2.05) is 73.3 Å². The van der Waals surface area contributed by atoms with E-state index in [4.69, 9.17) is 0 Å². The van der Waals surface area contributed by atoms with Crippen LogP contribution in [0.3, 0.4) is 0 Å². The van der Waals surface area contributed by atoms with E-state index in [-0.39, 0.29) is 0 Å². The predicted molar refractivity (Wildman–Crippen MR) is 98.8 cm³/mol. The third kappa shape index (κ3) is 4.06. The maximum atomic E-state index is 11.3. The summed E-state index contributed by atoms with van der Waals surface area (Å²) in [5.74, 6) is -0.458. The van der Waals surface area contributed by atoms with Crippen molar-refractivity contribution in [1.29, 1.82) is 0 Å². The number of aliphatic carboxylic acids is 1. The van der Waals surface area contributed by atoms with E-state index in [9.17, 15) is 9.90 Å². The summed E-state index contributed by atoms with van der Waals surface area (Å²) < 4.78 is 2.05. The van der Waals surface area contributed by atoms with Gasteiger partial charge < -0.3 is 10.4 Å². The zero-order valence-corrected chi connectivity index (χ0v) is 14.5. The van der Waals surface area contributed by atoms with Crippen LogP contribution in [0.5, 0.6) is 0 Å². The van der Waals surface area contributed by atoms with Gasteiger partial charge in [-0.15, -0.1) is 0 Å². The summed E-state index contributed by atoms with van der Waals surface area (Å²) in [6.07, 6.45) is 2.44. The van der Waals surface area contributed by atoms with Crippen LogP contribution in [-0.4, -0.2) is 26.7 Å². The van der Waals surface area contributed by atoms with Crippen LogP contribution in [0.4, 0.5) is 0 Å². The number of aromatic nitrogens is 2. The lowest BCUT2D eigenvalue weighted by molar-refractivity contribution is -0.140. The minimum Gasteiger partial charge on any atom is -0.480 e. The molecule has 2 N–H and O–H groups in total. The molecule has 1 atom stereocenters. The molecule has 0 radical (unpaired) electrons. The molecule has 0 unspecified atom stereocenters. The van der Waals surface area contributed by atoms with Crippen molar-refractivity contribution >= 4 is 17.0 Å². The van der Waals surface area contributed by atoms with Gasteiger partial charge in [0.2, 0.25) is 0 Å². The molecule has 5 nitrogen and oxygen atoms in total. The first-order valence-electron chi connectivity index (χ1n) is 8.52. The van der Waals surface area contributed by atoms with Crippen molar-refractivity contribution in [3.05, 3.63) is 60.4 Å². The highest BCUT2D eigenvalue weighted by molar-refractivity contribution is 5.77. The normalized spacial score (nSPS) is 12.6. The van der Waals surface area contributed by atoms with Gasteiger partial charge in [0.1, 0.15) is 12.4 Å². The molecule has 0 aliphatic rings. The van der Waals surface area contributed by atoms with E-state index in [0.717, 1.165) is 22.3 Å². The van der Waals surface area contributed by atoms with Crippen molar-refractivity contribution in [2.24, 2.45) is 5.92 Å². The fourth-order valence-electron chi connectivity index (χ4n) is 2.92. The number of carbonyl (C=O) groups is 1. The number of hydrogen-bond donors (Lipinski definition) is 2. The standard InChI is InChI=1S/C20H23N3O2/c1-14(2)11-18(20(24)25)21-12-15-7-9-16(10-8-15)23-13-22-17-5-3-4-6-19(17)23/h3-10,13-14,18,21H,11-12H2,1-2H3,(H,24,25)/t18-/m0/s1. The summed E-state index contributed by atoms with van der Waals surface area (Å²) in [7, 11) is 0. The summed E-state index contributed by atoms with van der Waals surface area (Å²) in [5.41, 5.74) is 4.13. The number of hydrogen-bond acceptors (Lipinski definition) is 3. The molecule has 25 heavy (non-hydrogen) atoms. The van der Waals surface area contributed by atoms with E-state index >= 15 is 0 Å². The molecule has 0 saturated carbocycles. The van der Waals surface area contributed by atoms with Crippen molar-refractivity contribution < 1.29 is 9.90 Å². The first-order valence-corrected chi connectivity index (χ1v) is 8.52. The maximum absolute atomic E-state index is 11.3. The molecule has 130 valence electrons. The first kappa shape index (κ1) is 17.2. The van der Waals surface area contributed by atoms with Crippen LogP contribution >= 0.6 is 0 Å². The Morgan fingerprint density at radius 3 is 2.56 bits per heavy atom. The number of fused-ring (bicyclic) bond motifs is 1. The smallest absolute Gasteiger partial charge is 0.320 e. The number of imidazole rings is 1. The molecule has 0 bridgehead atoms. The molecule has 0 spiro atoms. The number of carboxylic acids is 1. The number of para-hydroxylation sites is 2. The fourth-order valence-corrected chi connectivity index (χ4v) is 2.92. The Morgan fingerprint density at radius 1 is 1.16 bits per heavy atom. The lowest BCUT2D eigenvalue weighted by Gasteiger charge is -2.16. The molecule has 3 rings (SSSR count). The second kappa shape index (κ2) is 7.49. The number of rotatable bonds is 7. The van der Waals surface area contributed by atoms with Gasteiger partial charge in [0.05, 0.1) is 11.0 Å². The Bertz CT molecular complexity index is 853. The van der Waals surface area contributed by atoms with Crippen molar-refractivity contribution in [1.82, 2.24) is 14.9 Å². The molecule has 0 fully saturated rings. The molecule has 0 saturated heterocycles. The monoisotopic (exact) mass is 337 g/mol. The molecule has 0 aliphatic heterocycles. The number of nitrogens with one attached hydrogen (secondary N) is 1. The summed E-state index contributed by atoms with van der Waals surface area (Å²) in [4.78, 5) is 15.7. The average molecular weight is 337 g/mol. The quantitative estimate of drug-likeness (QED) is 0.691. The zero-order chi connectivity index (χ0) is 17.8. The lowest BCUT2D eigenvalue weighted by atomic mass is 10.0. The highest BCUT2D eigenvalue weighted by Gasteiger charge is 2.17. The lowest BCUT2D eigenvalue weighted by Crippen LogP contribution is -2.37. The second-order valence-electron chi connectivity index (χ2n) is 6.67. The Kier molecular flexibility index (Phi) is 5.14. The summed E-state index contributed by atoms with van der Waals surface area (Å²) >= 11 is 0. The predicted octanol–water partition coefficient (Wildman–Crippen LogP) is 3.61. The third-order valence-corrected chi connectivity index (χ3v) is 4.23. The van der Waals surface area contributed by atoms with E-state index in [2.05, 4.69) is 10.3 Å². The van der Waals surface area contributed by atoms with Gasteiger partial charge in [-0.1, -0.05) is 38.1 Å². The summed E-state index contributed by atoms with van der Waals surface area (Å²) in [6, 6.07) is 15.6. The van der Waals surface area contributed by atoms with Gasteiger partial charge in [-0.05, 0) is 42.2 Å². The van der Waals surface area contributed by atoms with Gasteiger partial charge in [-0.25, -0.2) is 4.98 Å². The Labute approximate surface area is 147 Å². The largest absolute Gasteiger partial charge is 0.480 e. The fraction of sp³-hybridized carbons (Fsp3) is 0.300. The molecule has 1 aromatic heterocycles. The maximum Gasteiger partial charge on any atom is 0.320 e. The van der Waals surface area contributed by atoms with Crippen molar-refractivity contribution in [3.8, 4) is 5.69 Å². The first-order chi connectivity index (χ1) is 12.0. The third-order valence-electron chi connectivity index (χ3n) is 4.23. The Hall–Kier alpha value is -2.66. The molecular formula is C20H23N3O2. The van der Waals surface area contributed by atoms with Crippen LogP contribution in [0, 0.1) is 5.92 Å². The highest BCUT2D eigenvalue weighted by atomic mass is 16.4. The van der Waals surface area contributed by atoms with E-state index in [1.54, 1.807) is 0 Å². The minimum atomic E-state index is -0.796. The topological polar surface area (TPSA) is 67.2 Å². The summed E-state index contributed by atoms with van der Waals surface area (Å²) in [5, 5.41) is 12.4. The molecule has 0 aliphatic carbocycles. The number of nitrogens with zero attached hydrogens (tertiary/aromatic N) is 2. The number of benzene rings is 2. The highest BCUT2D eigenvalue weighted by Crippen LogP contribution is 2.18. The van der Waals surface area contributed by atoms with Crippen LogP contribution in [0.15, 0.2) is 54.9 Å². The number of carboxylic acid groups (broad SMARTS) is 1. The summed E-state index contributed by atoms with van der Waals surface area (Å²) in [6.45, 7) is 4.60. The molecular weight excluding hydrogens is 314 g/mol. The second-order valence-corrected chi connectivity index (χ2v) is 6.67. The SMILES string of the molecule is CC(C)C[C@H](NCc1ccc(-n2cnc3ccccc32)cc1)C(=O)O. The average Bonchev–Trinajstić information content (AvgIpc) is 3.02. The van der Waals surface area contributed by atoms with Crippen molar-refractivity contribution in [3.63, 3.8) is 0 Å². The molecule has 5 heteroatoms. The van der Waals surface area contributed by atoms with Gasteiger partial charge in [-0.2, -0.15) is 0 Å². The molecule has 3 aromatic rings. The minimum absolute atomic E-state index is 0.338. The molecule has 0 amide bonds. The Balaban J connectivity index is 1.71. The van der Waals surface area contributed by atoms with Crippen LogP contribution in [0.25, 0.3) is 16.7 Å². The Morgan fingerprint density at radius 2 is 1.88 bits per heavy atom. The van der Waals surface area contributed by atoms with Gasteiger partial charge in [0.25, 0.3) is 0 Å². The van der Waals surface area contributed by atoms with Crippen LogP contribution in [-0.2, 0) is 11.3 Å².